The van der Waals surface area contributed by atoms with Crippen LogP contribution in [0.25, 0.3) is 0 Å². The fraction of sp³-hybridized carbons (Fsp3) is 0.500. The van der Waals surface area contributed by atoms with Crippen LogP contribution in [0.2, 0.25) is 0 Å². The maximum absolute atomic E-state index is 13.5. The van der Waals surface area contributed by atoms with Gasteiger partial charge < -0.3 is 15.4 Å². The van der Waals surface area contributed by atoms with E-state index in [1.165, 1.54) is 0 Å². The molecule has 1 aliphatic carbocycles. The zero-order valence-electron chi connectivity index (χ0n) is 12.8. The normalized spacial score (nSPS) is 23.7. The number of rotatable bonds is 4. The highest BCUT2D eigenvalue weighted by molar-refractivity contribution is 5.89. The van der Waals surface area contributed by atoms with Gasteiger partial charge in [-0.25, -0.2) is 14.0 Å². The molecule has 1 heterocycles. The summed E-state index contributed by atoms with van der Waals surface area (Å²) in [7, 11) is 0. The molecule has 23 heavy (non-hydrogen) atoms. The highest BCUT2D eigenvalue weighted by Crippen LogP contribution is 2.22. The van der Waals surface area contributed by atoms with Crippen molar-refractivity contribution in [2.24, 2.45) is 0 Å². The highest BCUT2D eigenvalue weighted by Gasteiger charge is 2.28. The second-order valence-corrected chi connectivity index (χ2v) is 5.81. The number of alkyl halides is 1. The second-order valence-electron chi connectivity index (χ2n) is 5.81. The number of anilines is 1. The van der Waals surface area contributed by atoms with Crippen LogP contribution >= 0.6 is 0 Å². The number of hydrogen-bond acceptors (Lipinski definition) is 3. The minimum absolute atomic E-state index is 0.340. The third-order valence-electron chi connectivity index (χ3n) is 4.21. The number of hydrogen-bond donors (Lipinski definition) is 2. The molecule has 3 amide bonds. The zero-order valence-corrected chi connectivity index (χ0v) is 12.8. The van der Waals surface area contributed by atoms with Crippen molar-refractivity contribution in [3.8, 4) is 0 Å². The average Bonchev–Trinajstić information content (AvgIpc) is 3.15. The first kappa shape index (κ1) is 15.6. The average molecular weight is 321 g/mol. The van der Waals surface area contributed by atoms with Crippen LogP contribution in [0, 0.1) is 0 Å². The first-order valence-corrected chi connectivity index (χ1v) is 7.85. The molecule has 6 nitrogen and oxygen atoms in total. The molecule has 2 fully saturated rings. The van der Waals surface area contributed by atoms with Gasteiger partial charge in [-0.3, -0.25) is 4.90 Å². The summed E-state index contributed by atoms with van der Waals surface area (Å²) in [6.45, 7) is 1.30. The van der Waals surface area contributed by atoms with E-state index in [1.807, 2.05) is 24.3 Å². The maximum Gasteiger partial charge on any atom is 0.414 e. The van der Waals surface area contributed by atoms with Crippen LogP contribution in [-0.4, -0.2) is 37.5 Å². The SMILES string of the molecule is O=C(NCc1ccc(N2CCOC2=O)cc1)N[C@H]1CCC[C@H]1F. The van der Waals surface area contributed by atoms with Crippen molar-refractivity contribution in [2.75, 3.05) is 18.1 Å². The van der Waals surface area contributed by atoms with E-state index in [-0.39, 0.29) is 18.2 Å². The molecular weight excluding hydrogens is 301 g/mol. The van der Waals surface area contributed by atoms with Gasteiger partial charge in [0.1, 0.15) is 12.8 Å². The topological polar surface area (TPSA) is 70.7 Å². The molecule has 1 saturated heterocycles. The number of ether oxygens (including phenoxy) is 1. The molecule has 7 heteroatoms. The summed E-state index contributed by atoms with van der Waals surface area (Å²) in [5.41, 5.74) is 1.67. The number of cyclic esters (lactones) is 1. The number of benzene rings is 1. The standard InChI is InChI=1S/C16H20FN3O3/c17-13-2-1-3-14(13)19-15(21)18-10-11-4-6-12(7-5-11)20-8-9-23-16(20)22/h4-7,13-14H,1-3,8-10H2,(H2,18,19,21)/t13-,14+/m1/s1. The Kier molecular flexibility index (Phi) is 4.64. The number of urea groups is 1. The Bertz CT molecular complexity index is 578. The lowest BCUT2D eigenvalue weighted by atomic mass is 10.2. The van der Waals surface area contributed by atoms with Crippen LogP contribution in [0.1, 0.15) is 24.8 Å². The zero-order chi connectivity index (χ0) is 16.2. The molecular formula is C16H20FN3O3. The third kappa shape index (κ3) is 3.72. The summed E-state index contributed by atoms with van der Waals surface area (Å²) < 4.78 is 18.3. The van der Waals surface area contributed by atoms with Crippen LogP contribution in [0.3, 0.4) is 0 Å². The molecule has 1 aromatic carbocycles. The van der Waals surface area contributed by atoms with Gasteiger partial charge in [-0.15, -0.1) is 0 Å². The summed E-state index contributed by atoms with van der Waals surface area (Å²) >= 11 is 0. The smallest absolute Gasteiger partial charge is 0.414 e. The fourth-order valence-corrected chi connectivity index (χ4v) is 2.90. The summed E-state index contributed by atoms with van der Waals surface area (Å²) in [6, 6.07) is 6.58. The van der Waals surface area contributed by atoms with Gasteiger partial charge in [-0.1, -0.05) is 12.1 Å². The molecule has 0 bridgehead atoms. The van der Waals surface area contributed by atoms with Crippen molar-refractivity contribution in [2.45, 2.75) is 38.0 Å². The van der Waals surface area contributed by atoms with Crippen molar-refractivity contribution >= 4 is 17.8 Å². The first-order chi connectivity index (χ1) is 11.1. The van der Waals surface area contributed by atoms with E-state index in [2.05, 4.69) is 10.6 Å². The van der Waals surface area contributed by atoms with Crippen LogP contribution < -0.4 is 15.5 Å². The van der Waals surface area contributed by atoms with E-state index >= 15 is 0 Å². The fourth-order valence-electron chi connectivity index (χ4n) is 2.90. The van der Waals surface area contributed by atoms with Crippen LogP contribution in [0.15, 0.2) is 24.3 Å². The molecule has 0 spiro atoms. The molecule has 2 aliphatic rings. The van der Waals surface area contributed by atoms with E-state index in [9.17, 15) is 14.0 Å². The predicted octanol–water partition coefficient (Wildman–Crippen LogP) is 2.33. The number of carbonyl (C=O) groups is 2. The first-order valence-electron chi connectivity index (χ1n) is 7.85. The summed E-state index contributed by atoms with van der Waals surface area (Å²) in [4.78, 5) is 24.8. The third-order valence-corrected chi connectivity index (χ3v) is 4.21. The predicted molar refractivity (Wildman–Crippen MR) is 83.0 cm³/mol. The number of nitrogens with one attached hydrogen (secondary N) is 2. The van der Waals surface area contributed by atoms with Crippen molar-refractivity contribution < 1.29 is 18.7 Å². The van der Waals surface area contributed by atoms with Crippen molar-refractivity contribution in [3.63, 3.8) is 0 Å². The van der Waals surface area contributed by atoms with Crippen LogP contribution in [0.4, 0.5) is 19.7 Å². The molecule has 1 aliphatic heterocycles. The maximum atomic E-state index is 13.5. The van der Waals surface area contributed by atoms with Gasteiger partial charge in [0.25, 0.3) is 0 Å². The molecule has 1 aromatic rings. The lowest BCUT2D eigenvalue weighted by molar-refractivity contribution is 0.181. The number of carbonyl (C=O) groups excluding carboxylic acids is 2. The van der Waals surface area contributed by atoms with Crippen LogP contribution in [0.5, 0.6) is 0 Å². The Morgan fingerprint density at radius 1 is 1.30 bits per heavy atom. The van der Waals surface area contributed by atoms with Crippen molar-refractivity contribution in [1.29, 1.82) is 0 Å². The molecule has 2 atom stereocenters. The van der Waals surface area contributed by atoms with Gasteiger partial charge in [0.05, 0.1) is 12.6 Å². The molecule has 0 aromatic heterocycles. The van der Waals surface area contributed by atoms with E-state index in [4.69, 9.17) is 4.74 Å². The molecule has 2 N–H and O–H groups in total. The minimum atomic E-state index is -0.944. The quantitative estimate of drug-likeness (QED) is 0.894. The van der Waals surface area contributed by atoms with Crippen LogP contribution in [-0.2, 0) is 11.3 Å². The second kappa shape index (κ2) is 6.85. The molecule has 0 radical (unpaired) electrons. The van der Waals surface area contributed by atoms with E-state index in [0.717, 1.165) is 17.7 Å². The van der Waals surface area contributed by atoms with Gasteiger partial charge in [-0.2, -0.15) is 0 Å². The Morgan fingerprint density at radius 2 is 2.09 bits per heavy atom. The van der Waals surface area contributed by atoms with Gasteiger partial charge in [-0.05, 0) is 37.0 Å². The molecule has 3 rings (SSSR count). The Morgan fingerprint density at radius 3 is 2.70 bits per heavy atom. The summed E-state index contributed by atoms with van der Waals surface area (Å²) in [5.74, 6) is 0. The Hall–Kier alpha value is -2.31. The largest absolute Gasteiger partial charge is 0.447 e. The molecule has 0 unspecified atom stereocenters. The van der Waals surface area contributed by atoms with Gasteiger partial charge in [0, 0.05) is 12.2 Å². The van der Waals surface area contributed by atoms with Gasteiger partial charge in [0.15, 0.2) is 0 Å². The lowest BCUT2D eigenvalue weighted by Gasteiger charge is -2.16. The Labute approximate surface area is 134 Å². The Balaban J connectivity index is 1.48. The van der Waals surface area contributed by atoms with Gasteiger partial charge >= 0.3 is 12.1 Å². The minimum Gasteiger partial charge on any atom is -0.447 e. The number of amides is 3. The van der Waals surface area contributed by atoms with E-state index < -0.39 is 6.17 Å². The van der Waals surface area contributed by atoms with E-state index in [0.29, 0.717) is 32.5 Å². The number of halogens is 1. The van der Waals surface area contributed by atoms with Gasteiger partial charge in [0.2, 0.25) is 0 Å². The van der Waals surface area contributed by atoms with Crippen molar-refractivity contribution in [1.82, 2.24) is 10.6 Å². The summed E-state index contributed by atoms with van der Waals surface area (Å²) in [5, 5.41) is 5.39. The monoisotopic (exact) mass is 321 g/mol. The molecule has 124 valence electrons. The van der Waals surface area contributed by atoms with E-state index in [1.54, 1.807) is 4.90 Å². The highest BCUT2D eigenvalue weighted by atomic mass is 19.1. The summed E-state index contributed by atoms with van der Waals surface area (Å²) in [6.07, 6.45) is 0.736. The number of nitrogens with zero attached hydrogens (tertiary/aromatic N) is 1. The lowest BCUT2D eigenvalue weighted by Crippen LogP contribution is -2.44. The molecule has 1 saturated carbocycles. The van der Waals surface area contributed by atoms with Crippen molar-refractivity contribution in [3.05, 3.63) is 29.8 Å².